The fraction of sp³-hybridized carbons (Fsp3) is 0.207. The van der Waals surface area contributed by atoms with E-state index in [4.69, 9.17) is 15.3 Å². The highest BCUT2D eigenvalue weighted by Gasteiger charge is 2.55. The number of hydrogen-bond acceptors (Lipinski definition) is 11. The molecule has 1 saturated heterocycles. The van der Waals surface area contributed by atoms with E-state index in [1.54, 1.807) is 5.38 Å². The van der Waals surface area contributed by atoms with Crippen LogP contribution in [0.15, 0.2) is 82.5 Å². The predicted octanol–water partition coefficient (Wildman–Crippen LogP) is 2.06. The van der Waals surface area contributed by atoms with Gasteiger partial charge in [-0.15, -0.1) is 23.1 Å². The number of carbonyl (C=O) groups is 3. The lowest BCUT2D eigenvalue weighted by atomic mass is 10.0. The number of amides is 2. The summed E-state index contributed by atoms with van der Waals surface area (Å²) in [5.74, 6) is 3.64. The van der Waals surface area contributed by atoms with Gasteiger partial charge in [0.1, 0.15) is 36.5 Å². The molecule has 0 saturated carbocycles. The van der Waals surface area contributed by atoms with Gasteiger partial charge in [-0.1, -0.05) is 77.7 Å². The quantitative estimate of drug-likeness (QED) is 0.115. The van der Waals surface area contributed by atoms with Crippen LogP contribution in [0.1, 0.15) is 22.9 Å². The van der Waals surface area contributed by atoms with E-state index < -0.39 is 41.9 Å². The zero-order valence-corrected chi connectivity index (χ0v) is 23.9. The summed E-state index contributed by atoms with van der Waals surface area (Å²) in [4.78, 5) is 50.6. The number of aliphatic hydroxyl groups is 1. The second-order valence-corrected chi connectivity index (χ2v) is 10.9. The molecule has 11 nitrogen and oxygen atoms in total. The van der Waals surface area contributed by atoms with Gasteiger partial charge >= 0.3 is 5.97 Å². The first-order valence-corrected chi connectivity index (χ1v) is 14.6. The standard InChI is InChI=1S/C29H25N5O6S2/c1-39-33-21(20-16-42-29(30)31-20)25(36)32-22-26(37)34-23(19(13-8-14-35)15-41-27(22)34)28(38)40-24(17-9-4-2-5-10-17)18-11-6-3-7-12-18/h2-7,9-12,16,22,24,27,35H,14-15H2,1H3,(H2,30,31)(H,32,36)/b33-21-/t22-,27-/m1/s1. The lowest BCUT2D eigenvalue weighted by Crippen LogP contribution is -2.71. The van der Waals surface area contributed by atoms with Gasteiger partial charge in [0, 0.05) is 16.7 Å². The van der Waals surface area contributed by atoms with Crippen LogP contribution in [-0.2, 0) is 24.0 Å². The Hall–Kier alpha value is -4.64. The van der Waals surface area contributed by atoms with Crippen molar-refractivity contribution in [2.45, 2.75) is 17.5 Å². The van der Waals surface area contributed by atoms with Gasteiger partial charge in [-0.25, -0.2) is 9.78 Å². The number of ether oxygens (including phenoxy) is 1. The maximum absolute atomic E-state index is 13.8. The number of anilines is 1. The number of nitrogens with one attached hydrogen (secondary N) is 1. The topological polar surface area (TPSA) is 156 Å². The number of fused-ring (bicyclic) bond motifs is 1. The van der Waals surface area contributed by atoms with Gasteiger partial charge in [-0.3, -0.25) is 14.5 Å². The third-order valence-corrected chi connectivity index (χ3v) is 8.31. The van der Waals surface area contributed by atoms with Crippen LogP contribution in [0.5, 0.6) is 0 Å². The first-order valence-electron chi connectivity index (χ1n) is 12.6. The van der Waals surface area contributed by atoms with E-state index in [2.05, 4.69) is 27.3 Å². The Morgan fingerprint density at radius 1 is 1.19 bits per heavy atom. The van der Waals surface area contributed by atoms with Gasteiger partial charge in [0.25, 0.3) is 11.8 Å². The minimum atomic E-state index is -0.963. The Labute approximate surface area is 249 Å². The van der Waals surface area contributed by atoms with Gasteiger partial charge < -0.3 is 25.7 Å². The molecule has 2 aromatic carbocycles. The van der Waals surface area contributed by atoms with Crippen molar-refractivity contribution in [1.29, 1.82) is 0 Å². The Kier molecular flexibility index (Phi) is 8.87. The fourth-order valence-electron chi connectivity index (χ4n) is 4.50. The summed E-state index contributed by atoms with van der Waals surface area (Å²) in [6.45, 7) is -0.425. The number of oxime groups is 1. The van der Waals surface area contributed by atoms with Crippen molar-refractivity contribution >= 4 is 51.7 Å². The van der Waals surface area contributed by atoms with Crippen molar-refractivity contribution in [2.75, 3.05) is 25.2 Å². The largest absolute Gasteiger partial charge is 0.448 e. The lowest BCUT2D eigenvalue weighted by Gasteiger charge is -2.49. The molecule has 1 aromatic heterocycles. The Morgan fingerprint density at radius 2 is 1.86 bits per heavy atom. The molecule has 0 spiro atoms. The number of carbonyl (C=O) groups excluding carboxylic acids is 3. The van der Waals surface area contributed by atoms with Crippen molar-refractivity contribution in [3.8, 4) is 11.8 Å². The van der Waals surface area contributed by atoms with Gasteiger partial charge in [0.2, 0.25) is 0 Å². The second kappa shape index (κ2) is 12.9. The minimum Gasteiger partial charge on any atom is -0.448 e. The fourth-order valence-corrected chi connectivity index (χ4v) is 6.33. The number of aliphatic hydroxyl groups excluding tert-OH is 1. The molecular formula is C29H25N5O6S2. The van der Waals surface area contributed by atoms with E-state index in [0.717, 1.165) is 22.5 Å². The van der Waals surface area contributed by atoms with E-state index >= 15 is 0 Å². The number of nitrogens with two attached hydrogens (primary N) is 1. The predicted molar refractivity (Wildman–Crippen MR) is 158 cm³/mol. The molecule has 13 heteroatoms. The van der Waals surface area contributed by atoms with Crippen molar-refractivity contribution < 1.29 is 29.1 Å². The summed E-state index contributed by atoms with van der Waals surface area (Å²) in [6.07, 6.45) is -0.752. The van der Waals surface area contributed by atoms with Crippen LogP contribution in [0.2, 0.25) is 0 Å². The molecular weight excluding hydrogens is 578 g/mol. The van der Waals surface area contributed by atoms with Crippen molar-refractivity contribution in [2.24, 2.45) is 5.16 Å². The molecule has 214 valence electrons. The maximum Gasteiger partial charge on any atom is 0.357 e. The summed E-state index contributed by atoms with van der Waals surface area (Å²) in [6, 6.07) is 17.5. The van der Waals surface area contributed by atoms with Crippen LogP contribution < -0.4 is 11.1 Å². The van der Waals surface area contributed by atoms with E-state index in [-0.39, 0.29) is 28.0 Å². The van der Waals surface area contributed by atoms with Crippen LogP contribution in [0.3, 0.4) is 0 Å². The highest BCUT2D eigenvalue weighted by atomic mass is 32.2. The van der Waals surface area contributed by atoms with E-state index in [0.29, 0.717) is 5.57 Å². The van der Waals surface area contributed by atoms with Gasteiger partial charge in [0.05, 0.1) is 0 Å². The summed E-state index contributed by atoms with van der Waals surface area (Å²) >= 11 is 2.45. The summed E-state index contributed by atoms with van der Waals surface area (Å²) in [7, 11) is 1.28. The molecule has 3 heterocycles. The number of aromatic nitrogens is 1. The van der Waals surface area contributed by atoms with Crippen LogP contribution in [-0.4, -0.2) is 69.4 Å². The molecule has 5 rings (SSSR count). The molecule has 1 fully saturated rings. The molecule has 2 amide bonds. The van der Waals surface area contributed by atoms with E-state index in [1.165, 1.54) is 23.8 Å². The SMILES string of the molecule is CO/N=C(\C(=O)N[C@@H]1C(=O)N2C(C(=O)OC(c3ccccc3)c3ccccc3)=C(C#CCO)CS[C@H]12)c1csc(N)n1. The molecule has 0 radical (unpaired) electrons. The highest BCUT2D eigenvalue weighted by Crippen LogP contribution is 2.41. The van der Waals surface area contributed by atoms with Crippen LogP contribution in [0.25, 0.3) is 0 Å². The van der Waals surface area contributed by atoms with Crippen molar-refractivity contribution in [3.05, 3.63) is 94.1 Å². The zero-order valence-electron chi connectivity index (χ0n) is 22.2. The van der Waals surface area contributed by atoms with E-state index in [1.807, 2.05) is 60.7 Å². The number of thioether (sulfide) groups is 1. The molecule has 0 aliphatic carbocycles. The molecule has 4 N–H and O–H groups in total. The Balaban J connectivity index is 1.42. The smallest absolute Gasteiger partial charge is 0.357 e. The number of nitrogen functional groups attached to an aromatic ring is 1. The monoisotopic (exact) mass is 603 g/mol. The number of rotatable bonds is 8. The van der Waals surface area contributed by atoms with Gasteiger partial charge in [-0.05, 0) is 11.1 Å². The van der Waals surface area contributed by atoms with Crippen molar-refractivity contribution in [1.82, 2.24) is 15.2 Å². The van der Waals surface area contributed by atoms with Crippen LogP contribution in [0.4, 0.5) is 5.13 Å². The molecule has 0 bridgehead atoms. The first kappa shape index (κ1) is 28.9. The highest BCUT2D eigenvalue weighted by molar-refractivity contribution is 8.00. The second-order valence-electron chi connectivity index (χ2n) is 8.95. The number of esters is 1. The number of β-lactam (4-membered cyclic amide) rings is 1. The van der Waals surface area contributed by atoms with E-state index in [9.17, 15) is 19.5 Å². The van der Waals surface area contributed by atoms with Crippen molar-refractivity contribution in [3.63, 3.8) is 0 Å². The van der Waals surface area contributed by atoms with Gasteiger partial charge in [0.15, 0.2) is 16.9 Å². The molecule has 42 heavy (non-hydrogen) atoms. The number of thiazole rings is 1. The lowest BCUT2D eigenvalue weighted by molar-refractivity contribution is -0.154. The maximum atomic E-state index is 13.8. The average molecular weight is 604 g/mol. The van der Waals surface area contributed by atoms with Crippen LogP contribution in [0, 0.1) is 11.8 Å². The Bertz CT molecular complexity index is 1570. The number of hydrogen-bond donors (Lipinski definition) is 3. The number of benzene rings is 2. The number of nitrogens with zero attached hydrogens (tertiary/aromatic N) is 3. The first-order chi connectivity index (χ1) is 20.4. The molecule has 2 aliphatic heterocycles. The molecule has 0 unspecified atom stereocenters. The van der Waals surface area contributed by atoms with Crippen LogP contribution >= 0.6 is 23.1 Å². The zero-order chi connectivity index (χ0) is 29.6. The third-order valence-electron chi connectivity index (χ3n) is 6.36. The normalized spacial score (nSPS) is 18.0. The molecule has 2 aliphatic rings. The Morgan fingerprint density at radius 3 is 2.43 bits per heavy atom. The third kappa shape index (κ3) is 5.87. The average Bonchev–Trinajstić information content (AvgIpc) is 3.45. The summed E-state index contributed by atoms with van der Waals surface area (Å²) in [5.41, 5.74) is 7.57. The summed E-state index contributed by atoms with van der Waals surface area (Å²) in [5, 5.41) is 16.9. The van der Waals surface area contributed by atoms with Gasteiger partial charge in [-0.2, -0.15) is 0 Å². The minimum absolute atomic E-state index is 0.0230. The molecule has 2 atom stereocenters. The summed E-state index contributed by atoms with van der Waals surface area (Å²) < 4.78 is 6.05. The molecule has 3 aromatic rings.